The molecule has 1 aliphatic heterocycles. The zero-order chi connectivity index (χ0) is 16.9. The molecule has 2 aromatic heterocycles. The predicted octanol–water partition coefficient (Wildman–Crippen LogP) is 2.32. The van der Waals surface area contributed by atoms with E-state index in [2.05, 4.69) is 43.3 Å². The van der Waals surface area contributed by atoms with E-state index in [9.17, 15) is 5.11 Å². The van der Waals surface area contributed by atoms with Gasteiger partial charge in [-0.25, -0.2) is 4.98 Å². The third-order valence-corrected chi connectivity index (χ3v) is 6.03. The van der Waals surface area contributed by atoms with Crippen LogP contribution in [0.2, 0.25) is 0 Å². The quantitative estimate of drug-likeness (QED) is 0.683. The molecule has 3 aromatic rings. The summed E-state index contributed by atoms with van der Waals surface area (Å²) in [6, 6.07) is 6.34. The van der Waals surface area contributed by atoms with E-state index in [1.807, 2.05) is 18.7 Å². The van der Waals surface area contributed by atoms with Gasteiger partial charge in [0.05, 0.1) is 29.7 Å². The highest BCUT2D eigenvalue weighted by Gasteiger charge is 2.58. The van der Waals surface area contributed by atoms with Crippen LogP contribution in [0.25, 0.3) is 22.2 Å². The lowest BCUT2D eigenvalue weighted by Gasteiger charge is -2.30. The molecule has 1 aromatic carbocycles. The van der Waals surface area contributed by atoms with E-state index in [-0.39, 0.29) is 11.6 Å². The highest BCUT2D eigenvalue weighted by Crippen LogP contribution is 2.51. The van der Waals surface area contributed by atoms with E-state index in [1.54, 1.807) is 0 Å². The van der Waals surface area contributed by atoms with Crippen molar-refractivity contribution < 1.29 is 5.11 Å². The first-order chi connectivity index (χ1) is 12.3. The number of aromatic nitrogens is 4. The molecule has 2 aliphatic rings. The van der Waals surface area contributed by atoms with Gasteiger partial charge in [-0.2, -0.15) is 5.10 Å². The number of benzene rings is 1. The molecule has 2 fully saturated rings. The van der Waals surface area contributed by atoms with Crippen molar-refractivity contribution in [1.29, 1.82) is 0 Å². The molecule has 3 heterocycles. The van der Waals surface area contributed by atoms with Crippen LogP contribution in [-0.2, 0) is 6.54 Å². The summed E-state index contributed by atoms with van der Waals surface area (Å²) in [6.45, 7) is 1.97. The predicted molar refractivity (Wildman–Crippen MR) is 96.0 cm³/mol. The Hall–Kier alpha value is -2.18. The normalized spacial score (nSPS) is 28.7. The number of fused-ring (bicyclic) bond motifs is 1. The number of nitrogens with zero attached hydrogens (tertiary/aromatic N) is 3. The molecule has 1 aliphatic carbocycles. The maximum Gasteiger partial charge on any atom is 0.0958 e. The molecule has 0 bridgehead atoms. The van der Waals surface area contributed by atoms with Gasteiger partial charge in [-0.15, -0.1) is 0 Å². The summed E-state index contributed by atoms with van der Waals surface area (Å²) in [6.07, 6.45) is 9.69. The van der Waals surface area contributed by atoms with Crippen LogP contribution in [0.1, 0.15) is 25.7 Å². The Kier molecular flexibility index (Phi) is 3.43. The number of hydrogen-bond acceptors (Lipinski definition) is 4. The van der Waals surface area contributed by atoms with Crippen molar-refractivity contribution in [2.45, 2.75) is 43.9 Å². The highest BCUT2D eigenvalue weighted by atomic mass is 16.3. The van der Waals surface area contributed by atoms with Crippen molar-refractivity contribution in [3.8, 4) is 11.1 Å². The molecular weight excluding hydrogens is 314 g/mol. The second-order valence-electron chi connectivity index (χ2n) is 7.44. The van der Waals surface area contributed by atoms with Gasteiger partial charge in [0.1, 0.15) is 0 Å². The lowest BCUT2D eigenvalue weighted by Crippen LogP contribution is -2.48. The Morgan fingerprint density at radius 3 is 3.12 bits per heavy atom. The number of nitrogens with one attached hydrogen (secondary N) is 2. The largest absolute Gasteiger partial charge is 0.391 e. The van der Waals surface area contributed by atoms with Crippen LogP contribution in [0.4, 0.5) is 0 Å². The number of piperidine rings is 1. The molecule has 0 amide bonds. The van der Waals surface area contributed by atoms with Crippen LogP contribution in [0, 0.1) is 5.92 Å². The van der Waals surface area contributed by atoms with Crippen LogP contribution in [0.5, 0.6) is 0 Å². The summed E-state index contributed by atoms with van der Waals surface area (Å²) in [5.74, 6) is 0.567. The van der Waals surface area contributed by atoms with E-state index < -0.39 is 0 Å². The molecule has 6 nitrogen and oxygen atoms in total. The second kappa shape index (κ2) is 5.68. The summed E-state index contributed by atoms with van der Waals surface area (Å²) in [7, 11) is 0. The number of hydrogen-bond donors (Lipinski definition) is 3. The summed E-state index contributed by atoms with van der Waals surface area (Å²) in [5.41, 5.74) is 4.41. The van der Waals surface area contributed by atoms with Crippen molar-refractivity contribution in [2.24, 2.45) is 5.92 Å². The van der Waals surface area contributed by atoms with Crippen molar-refractivity contribution in [1.82, 2.24) is 25.1 Å². The van der Waals surface area contributed by atoms with E-state index in [1.165, 1.54) is 0 Å². The molecule has 1 saturated heterocycles. The molecule has 3 N–H and O–H groups in total. The minimum Gasteiger partial charge on any atom is -0.391 e. The topological polar surface area (TPSA) is 78.8 Å². The number of aryl methyl sites for hydroxylation is 1. The molecular formula is C19H23N5O. The van der Waals surface area contributed by atoms with Gasteiger partial charge >= 0.3 is 0 Å². The third-order valence-electron chi connectivity index (χ3n) is 6.03. The standard InChI is InChI=1S/C19H23N5O/c25-18-2-1-6-21-19(18)9-15(19)5-7-24-12-20-16-4-3-13(8-17(16)24)14-10-22-23-11-14/h3-4,8,10-12,15,18,21,25H,1-2,5-7,9H2,(H,22,23)/t15-,18-,19?/m0/s1. The Labute approximate surface area is 146 Å². The lowest BCUT2D eigenvalue weighted by atomic mass is 9.96. The van der Waals surface area contributed by atoms with Gasteiger partial charge < -0.3 is 15.0 Å². The molecule has 0 radical (unpaired) electrons. The molecule has 130 valence electrons. The fraction of sp³-hybridized carbons (Fsp3) is 0.474. The average Bonchev–Trinajstić information content (AvgIpc) is 3.02. The fourth-order valence-corrected chi connectivity index (χ4v) is 4.44. The second-order valence-corrected chi connectivity index (χ2v) is 7.44. The molecule has 6 heteroatoms. The summed E-state index contributed by atoms with van der Waals surface area (Å²) in [4.78, 5) is 4.53. The van der Waals surface area contributed by atoms with Crippen LogP contribution < -0.4 is 5.32 Å². The minimum atomic E-state index is -0.182. The van der Waals surface area contributed by atoms with Gasteiger partial charge in [0, 0.05) is 23.8 Å². The van der Waals surface area contributed by atoms with Crippen LogP contribution in [0.3, 0.4) is 0 Å². The number of H-pyrrole nitrogens is 1. The average molecular weight is 337 g/mol. The van der Waals surface area contributed by atoms with E-state index >= 15 is 0 Å². The monoisotopic (exact) mass is 337 g/mol. The van der Waals surface area contributed by atoms with Crippen molar-refractivity contribution >= 4 is 11.0 Å². The number of imidazole rings is 1. The van der Waals surface area contributed by atoms with Gasteiger partial charge in [-0.1, -0.05) is 6.07 Å². The summed E-state index contributed by atoms with van der Waals surface area (Å²) in [5, 5.41) is 20.8. The molecule has 25 heavy (non-hydrogen) atoms. The van der Waals surface area contributed by atoms with Crippen molar-refractivity contribution in [3.63, 3.8) is 0 Å². The number of aliphatic hydroxyl groups excluding tert-OH is 1. The Bertz CT molecular complexity index is 887. The highest BCUT2D eigenvalue weighted by molar-refractivity contribution is 5.81. The SMILES string of the molecule is O[C@H]1CCCNC12C[C@@H]2CCn1cnc2ccc(-c3cn[nH]c3)cc21. The van der Waals surface area contributed by atoms with Gasteiger partial charge in [-0.05, 0) is 55.8 Å². The minimum absolute atomic E-state index is 0.00338. The van der Waals surface area contributed by atoms with Gasteiger partial charge in [0.15, 0.2) is 0 Å². The Morgan fingerprint density at radius 1 is 1.32 bits per heavy atom. The number of aromatic amines is 1. The Morgan fingerprint density at radius 2 is 2.28 bits per heavy atom. The summed E-state index contributed by atoms with van der Waals surface area (Å²) < 4.78 is 2.24. The van der Waals surface area contributed by atoms with Gasteiger partial charge in [-0.3, -0.25) is 5.10 Å². The zero-order valence-corrected chi connectivity index (χ0v) is 14.2. The molecule has 1 unspecified atom stereocenters. The third kappa shape index (κ3) is 2.48. The zero-order valence-electron chi connectivity index (χ0n) is 14.2. The lowest BCUT2D eigenvalue weighted by molar-refractivity contribution is 0.0750. The van der Waals surface area contributed by atoms with Gasteiger partial charge in [0.2, 0.25) is 0 Å². The Balaban J connectivity index is 1.34. The number of aliphatic hydroxyl groups is 1. The van der Waals surface area contributed by atoms with Crippen molar-refractivity contribution in [2.75, 3.05) is 6.54 Å². The number of rotatable bonds is 4. The van der Waals surface area contributed by atoms with Crippen molar-refractivity contribution in [3.05, 3.63) is 36.9 Å². The maximum absolute atomic E-state index is 10.4. The first-order valence-electron chi connectivity index (χ1n) is 9.13. The van der Waals surface area contributed by atoms with Crippen LogP contribution in [0.15, 0.2) is 36.9 Å². The van der Waals surface area contributed by atoms with Crippen LogP contribution in [-0.4, -0.2) is 43.0 Å². The molecule has 1 saturated carbocycles. The van der Waals surface area contributed by atoms with E-state index in [0.29, 0.717) is 5.92 Å². The van der Waals surface area contributed by atoms with E-state index in [4.69, 9.17) is 0 Å². The molecule has 5 rings (SSSR count). The fourth-order valence-electron chi connectivity index (χ4n) is 4.44. The van der Waals surface area contributed by atoms with Crippen LogP contribution >= 0.6 is 0 Å². The van der Waals surface area contributed by atoms with Gasteiger partial charge in [0.25, 0.3) is 0 Å². The first kappa shape index (κ1) is 15.1. The summed E-state index contributed by atoms with van der Waals surface area (Å²) >= 11 is 0. The molecule has 3 atom stereocenters. The van der Waals surface area contributed by atoms with E-state index in [0.717, 1.165) is 60.9 Å². The smallest absolute Gasteiger partial charge is 0.0958 e. The first-order valence-corrected chi connectivity index (χ1v) is 9.13. The molecule has 1 spiro atoms. The maximum atomic E-state index is 10.4.